The van der Waals surface area contributed by atoms with Crippen LogP contribution in [0.2, 0.25) is 0 Å². The molecule has 456 valence electrons. The highest BCUT2D eigenvalue weighted by Crippen LogP contribution is 2.31. The largest absolute Gasteiger partial charge is 0.463 e. The third-order valence-corrected chi connectivity index (χ3v) is 13.8. The first-order valence-electron chi connectivity index (χ1n) is 30.3. The molecular formula is C61H105NO17. The van der Waals surface area contributed by atoms with Crippen LogP contribution in [0.5, 0.6) is 0 Å². The summed E-state index contributed by atoms with van der Waals surface area (Å²) in [6.45, 7) is 11.3. The Morgan fingerprint density at radius 2 is 0.861 bits per heavy atom. The van der Waals surface area contributed by atoms with Gasteiger partial charge in [0.25, 0.3) is 5.91 Å². The van der Waals surface area contributed by atoms with Crippen molar-refractivity contribution in [2.24, 2.45) is 0 Å². The van der Waals surface area contributed by atoms with Crippen LogP contribution in [0.4, 0.5) is 0 Å². The average Bonchev–Trinajstić information content (AvgIpc) is 3.43. The maximum absolute atomic E-state index is 14.4. The third kappa shape index (κ3) is 37.1. The van der Waals surface area contributed by atoms with E-state index in [0.717, 1.165) is 79.6 Å². The number of carbonyl (C=O) groups is 8. The number of amides is 1. The molecule has 0 saturated carbocycles. The second-order valence-corrected chi connectivity index (χ2v) is 21.3. The van der Waals surface area contributed by atoms with Crippen LogP contribution in [-0.2, 0) is 81.0 Å². The van der Waals surface area contributed by atoms with Gasteiger partial charge in [-0.2, -0.15) is 0 Å². The van der Waals surface area contributed by atoms with E-state index in [-0.39, 0.29) is 12.8 Å². The molecule has 0 radical (unpaired) electrons. The van der Waals surface area contributed by atoms with Gasteiger partial charge in [-0.25, -0.2) is 0 Å². The van der Waals surface area contributed by atoms with Crippen molar-refractivity contribution in [1.29, 1.82) is 0 Å². The van der Waals surface area contributed by atoms with E-state index in [1.54, 1.807) is 0 Å². The van der Waals surface area contributed by atoms with Gasteiger partial charge in [0.05, 0.1) is 12.6 Å². The zero-order chi connectivity index (χ0) is 58.6. The van der Waals surface area contributed by atoms with Gasteiger partial charge in [0, 0.05) is 48.5 Å². The maximum atomic E-state index is 14.4. The number of hydrogen-bond donors (Lipinski definition) is 1. The van der Waals surface area contributed by atoms with Gasteiger partial charge in [0.2, 0.25) is 0 Å². The fourth-order valence-corrected chi connectivity index (χ4v) is 9.87. The predicted molar refractivity (Wildman–Crippen MR) is 300 cm³/mol. The fraction of sp³-hybridized carbons (Fsp3) is 0.836. The topological polar surface area (TPSA) is 232 Å². The number of ether oxygens (including phenoxy) is 9. The molecule has 18 nitrogen and oxygen atoms in total. The average molecular weight is 1120 g/mol. The van der Waals surface area contributed by atoms with Crippen molar-refractivity contribution in [3.05, 3.63) is 12.2 Å². The molecule has 1 heterocycles. The Morgan fingerprint density at radius 1 is 0.443 bits per heavy atom. The van der Waals surface area contributed by atoms with E-state index in [0.29, 0.717) is 19.3 Å². The van der Waals surface area contributed by atoms with Gasteiger partial charge in [-0.05, 0) is 44.9 Å². The molecule has 1 N–H and O–H groups in total. The Bertz CT molecular complexity index is 1740. The van der Waals surface area contributed by atoms with Gasteiger partial charge in [0.15, 0.2) is 36.8 Å². The number of hydrogen-bond acceptors (Lipinski definition) is 17. The lowest BCUT2D eigenvalue weighted by Crippen LogP contribution is -2.63. The van der Waals surface area contributed by atoms with Gasteiger partial charge in [-0.3, -0.25) is 38.4 Å². The Balaban J connectivity index is 3.36. The molecule has 1 fully saturated rings. The van der Waals surface area contributed by atoms with E-state index < -0.39 is 116 Å². The van der Waals surface area contributed by atoms with Crippen LogP contribution in [0.1, 0.15) is 261 Å². The number of nitrogens with one attached hydrogen (secondary N) is 1. The third-order valence-electron chi connectivity index (χ3n) is 13.8. The van der Waals surface area contributed by atoms with Gasteiger partial charge in [-0.1, -0.05) is 180 Å². The summed E-state index contributed by atoms with van der Waals surface area (Å²) in [7, 11) is 0. The Kier molecular flexibility index (Phi) is 42.2. The summed E-state index contributed by atoms with van der Waals surface area (Å²) >= 11 is 0. The SMILES string of the molecule is CCCCCCCCC/C=C\CCC[C@@H](OC(C)=O)[C@@H](OC(C)=O)[C@H](CO[C@@H]1O[C@H](COC(C)=O)[C@@H](OC(C)=O)[C@H](OC(C)=O)[C@H]1OC(C)=O)NC(=O)C(CCCCCCCCCCCCCCCCCCCCC)OC(C)=O. The Labute approximate surface area is 474 Å². The van der Waals surface area contributed by atoms with Crippen LogP contribution in [0.15, 0.2) is 12.2 Å². The molecule has 79 heavy (non-hydrogen) atoms. The van der Waals surface area contributed by atoms with Crippen molar-refractivity contribution in [3.8, 4) is 0 Å². The number of rotatable bonds is 47. The van der Waals surface area contributed by atoms with Crippen LogP contribution in [0, 0.1) is 0 Å². The number of allylic oxidation sites excluding steroid dienone is 2. The minimum absolute atomic E-state index is 0.175. The van der Waals surface area contributed by atoms with Crippen LogP contribution in [-0.4, -0.2) is 116 Å². The summed E-state index contributed by atoms with van der Waals surface area (Å²) < 4.78 is 51.8. The molecule has 1 rings (SSSR count). The highest BCUT2D eigenvalue weighted by molar-refractivity contribution is 5.83. The van der Waals surface area contributed by atoms with E-state index >= 15 is 0 Å². The summed E-state index contributed by atoms with van der Waals surface area (Å²) in [6.07, 6.45) is 26.2. The number of carbonyl (C=O) groups excluding carboxylic acids is 8. The van der Waals surface area contributed by atoms with Crippen LogP contribution in [0.25, 0.3) is 0 Å². The first kappa shape index (κ1) is 72.4. The van der Waals surface area contributed by atoms with Crippen molar-refractivity contribution >= 4 is 47.7 Å². The van der Waals surface area contributed by atoms with Crippen molar-refractivity contribution in [2.75, 3.05) is 13.2 Å². The molecule has 1 aliphatic rings. The minimum Gasteiger partial charge on any atom is -0.463 e. The molecule has 0 aromatic heterocycles. The van der Waals surface area contributed by atoms with E-state index in [9.17, 15) is 38.4 Å². The van der Waals surface area contributed by atoms with E-state index in [4.69, 9.17) is 42.6 Å². The first-order chi connectivity index (χ1) is 37.9. The Hall–Kier alpha value is -4.58. The zero-order valence-electron chi connectivity index (χ0n) is 50.1. The minimum atomic E-state index is -1.68. The van der Waals surface area contributed by atoms with Gasteiger partial charge < -0.3 is 47.9 Å². The van der Waals surface area contributed by atoms with Crippen molar-refractivity contribution < 1.29 is 81.0 Å². The fourth-order valence-electron chi connectivity index (χ4n) is 9.87. The molecule has 0 bridgehead atoms. The normalized spacial score (nSPS) is 18.6. The molecule has 18 heteroatoms. The standard InChI is InChI=1S/C61H105NO17/c1-10-12-14-16-18-20-22-24-25-26-27-28-29-30-32-34-36-38-40-42-54(74-47(5)65)60(70)62-52(56(75-48(6)66)53(73-46(4)64)41-39-37-35-33-31-23-21-19-17-15-13-11-2)43-72-61-59(78-51(9)69)58(77-50(8)68)57(76-49(7)67)55(79-61)44-71-45(3)63/h33,35,52-59,61H,10-32,34,36-44H2,1-9H3,(H,62,70)/b35-33-/t52-,53+,54?,55+,56-,57+,58-,59+,61+/m0/s1. The molecule has 0 spiro atoms. The number of esters is 7. The van der Waals surface area contributed by atoms with E-state index in [1.807, 2.05) is 0 Å². The smallest absolute Gasteiger partial charge is 0.303 e. The molecule has 0 aromatic carbocycles. The number of unbranched alkanes of at least 4 members (excludes halogenated alkanes) is 26. The summed E-state index contributed by atoms with van der Waals surface area (Å²) in [4.78, 5) is 102. The van der Waals surface area contributed by atoms with Crippen LogP contribution in [0.3, 0.4) is 0 Å². The predicted octanol–water partition coefficient (Wildman–Crippen LogP) is 12.1. The molecular weight excluding hydrogens is 1020 g/mol. The lowest BCUT2D eigenvalue weighted by atomic mass is 9.97. The summed E-state index contributed by atoms with van der Waals surface area (Å²) in [5.74, 6) is -6.19. The molecule has 0 aliphatic carbocycles. The molecule has 1 aliphatic heterocycles. The quantitative estimate of drug-likeness (QED) is 0.0258. The second kappa shape index (κ2) is 46.1. The lowest BCUT2D eigenvalue weighted by molar-refractivity contribution is -0.310. The van der Waals surface area contributed by atoms with Gasteiger partial charge >= 0.3 is 41.8 Å². The molecule has 9 atom stereocenters. The molecule has 1 unspecified atom stereocenters. The first-order valence-corrected chi connectivity index (χ1v) is 30.3. The van der Waals surface area contributed by atoms with E-state index in [1.165, 1.54) is 136 Å². The van der Waals surface area contributed by atoms with Crippen molar-refractivity contribution in [1.82, 2.24) is 5.32 Å². The van der Waals surface area contributed by atoms with Crippen molar-refractivity contribution in [2.45, 2.75) is 316 Å². The van der Waals surface area contributed by atoms with Crippen LogP contribution >= 0.6 is 0 Å². The highest BCUT2D eigenvalue weighted by atomic mass is 16.7. The monoisotopic (exact) mass is 1120 g/mol. The Morgan fingerprint density at radius 3 is 1.30 bits per heavy atom. The molecule has 1 saturated heterocycles. The summed E-state index contributed by atoms with van der Waals surface area (Å²) in [5, 5.41) is 2.85. The van der Waals surface area contributed by atoms with Crippen molar-refractivity contribution in [3.63, 3.8) is 0 Å². The maximum Gasteiger partial charge on any atom is 0.303 e. The highest BCUT2D eigenvalue weighted by Gasteiger charge is 2.53. The summed E-state index contributed by atoms with van der Waals surface area (Å²) in [6, 6.07) is -1.37. The molecule has 1 amide bonds. The second-order valence-electron chi connectivity index (χ2n) is 21.3. The lowest BCUT2D eigenvalue weighted by Gasteiger charge is -2.44. The zero-order valence-corrected chi connectivity index (χ0v) is 50.1. The van der Waals surface area contributed by atoms with Crippen LogP contribution < -0.4 is 5.32 Å². The molecule has 0 aromatic rings. The summed E-state index contributed by atoms with van der Waals surface area (Å²) in [5.41, 5.74) is 0. The van der Waals surface area contributed by atoms with E-state index in [2.05, 4.69) is 31.3 Å². The van der Waals surface area contributed by atoms with Gasteiger partial charge in [0.1, 0.15) is 18.8 Å². The van der Waals surface area contributed by atoms with Gasteiger partial charge in [-0.15, -0.1) is 0 Å².